The van der Waals surface area contributed by atoms with Crippen molar-refractivity contribution < 1.29 is 9.53 Å². The number of hydrogen-bond acceptors (Lipinski definition) is 3. The number of ether oxygens (including phenoxy) is 1. The molecular formula is C16H19NO2S. The van der Waals surface area contributed by atoms with Crippen molar-refractivity contribution in [2.45, 2.75) is 26.4 Å². The molecular weight excluding hydrogens is 270 g/mol. The molecule has 1 heterocycles. The second-order valence-electron chi connectivity index (χ2n) is 4.78. The van der Waals surface area contributed by atoms with Crippen LogP contribution >= 0.6 is 11.3 Å². The van der Waals surface area contributed by atoms with Gasteiger partial charge in [-0.3, -0.25) is 4.79 Å². The molecule has 0 bridgehead atoms. The largest absolute Gasteiger partial charge is 0.491 e. The number of rotatable bonds is 6. The summed E-state index contributed by atoms with van der Waals surface area (Å²) in [6.07, 6.45) is 1.01. The number of carbonyl (C=O) groups is 1. The van der Waals surface area contributed by atoms with Gasteiger partial charge in [0.1, 0.15) is 5.75 Å². The number of benzene rings is 1. The highest BCUT2D eigenvalue weighted by atomic mass is 32.1. The van der Waals surface area contributed by atoms with Gasteiger partial charge in [0.15, 0.2) is 0 Å². The Labute approximate surface area is 123 Å². The molecule has 0 aliphatic heterocycles. The molecule has 0 aliphatic carbocycles. The first kappa shape index (κ1) is 14.6. The van der Waals surface area contributed by atoms with Crippen LogP contribution in [0, 0.1) is 0 Å². The monoisotopic (exact) mass is 289 g/mol. The Kier molecular flexibility index (Phi) is 5.18. The minimum atomic E-state index is -0.0438. The first-order chi connectivity index (χ1) is 9.65. The summed E-state index contributed by atoms with van der Waals surface area (Å²) in [7, 11) is 0. The quantitative estimate of drug-likeness (QED) is 0.883. The molecule has 2 rings (SSSR count). The van der Waals surface area contributed by atoms with Crippen LogP contribution in [0.2, 0.25) is 0 Å². The predicted molar refractivity (Wildman–Crippen MR) is 82.6 cm³/mol. The van der Waals surface area contributed by atoms with E-state index < -0.39 is 0 Å². The summed E-state index contributed by atoms with van der Waals surface area (Å²) >= 11 is 1.71. The van der Waals surface area contributed by atoms with E-state index in [1.165, 1.54) is 4.88 Å². The van der Waals surface area contributed by atoms with Gasteiger partial charge in [-0.25, -0.2) is 0 Å². The highest BCUT2D eigenvalue weighted by Crippen LogP contribution is 2.14. The second kappa shape index (κ2) is 7.10. The molecule has 20 heavy (non-hydrogen) atoms. The summed E-state index contributed by atoms with van der Waals surface area (Å²) in [5.74, 6) is 0.743. The van der Waals surface area contributed by atoms with Crippen LogP contribution in [0.15, 0.2) is 41.8 Å². The zero-order valence-corrected chi connectivity index (χ0v) is 12.6. The van der Waals surface area contributed by atoms with E-state index in [-0.39, 0.29) is 12.0 Å². The summed E-state index contributed by atoms with van der Waals surface area (Å²) in [5, 5.41) is 4.97. The Morgan fingerprint density at radius 3 is 2.60 bits per heavy atom. The predicted octanol–water partition coefficient (Wildman–Crippen LogP) is 3.51. The topological polar surface area (TPSA) is 38.3 Å². The molecule has 3 nitrogen and oxygen atoms in total. The molecule has 0 spiro atoms. The normalized spacial score (nSPS) is 10.6. The van der Waals surface area contributed by atoms with Gasteiger partial charge in [0.25, 0.3) is 5.91 Å². The van der Waals surface area contributed by atoms with E-state index >= 15 is 0 Å². The molecule has 0 unspecified atom stereocenters. The molecule has 1 aromatic heterocycles. The van der Waals surface area contributed by atoms with Crippen LogP contribution in [0.1, 0.15) is 29.1 Å². The van der Waals surface area contributed by atoms with Crippen molar-refractivity contribution in [3.63, 3.8) is 0 Å². The van der Waals surface area contributed by atoms with Gasteiger partial charge in [-0.1, -0.05) is 6.07 Å². The van der Waals surface area contributed by atoms with Crippen LogP contribution < -0.4 is 10.1 Å². The molecule has 1 N–H and O–H groups in total. The Morgan fingerprint density at radius 1 is 1.25 bits per heavy atom. The molecule has 4 heteroatoms. The zero-order valence-electron chi connectivity index (χ0n) is 11.8. The number of carbonyl (C=O) groups excluding carboxylic acids is 1. The third-order valence-electron chi connectivity index (χ3n) is 2.73. The summed E-state index contributed by atoms with van der Waals surface area (Å²) in [5.41, 5.74) is 0.660. The molecule has 0 saturated carbocycles. The highest BCUT2D eigenvalue weighted by molar-refractivity contribution is 7.09. The van der Waals surface area contributed by atoms with Crippen LogP contribution in [-0.4, -0.2) is 18.6 Å². The van der Waals surface area contributed by atoms with Crippen molar-refractivity contribution in [1.82, 2.24) is 5.32 Å². The lowest BCUT2D eigenvalue weighted by atomic mass is 10.2. The van der Waals surface area contributed by atoms with Crippen LogP contribution in [-0.2, 0) is 6.42 Å². The Hall–Kier alpha value is -1.81. The molecule has 0 atom stereocenters. The zero-order chi connectivity index (χ0) is 14.4. The van der Waals surface area contributed by atoms with Gasteiger partial charge in [0.05, 0.1) is 6.10 Å². The van der Waals surface area contributed by atoms with E-state index in [4.69, 9.17) is 4.74 Å². The Morgan fingerprint density at radius 2 is 2.00 bits per heavy atom. The van der Waals surface area contributed by atoms with Gasteiger partial charge in [-0.15, -0.1) is 11.3 Å². The van der Waals surface area contributed by atoms with Gasteiger partial charge in [0, 0.05) is 17.0 Å². The van der Waals surface area contributed by atoms with Gasteiger partial charge < -0.3 is 10.1 Å². The fourth-order valence-corrected chi connectivity index (χ4v) is 2.52. The van der Waals surface area contributed by atoms with Gasteiger partial charge in [-0.05, 0) is 56.0 Å². The molecule has 0 saturated heterocycles. The average Bonchev–Trinajstić information content (AvgIpc) is 2.92. The Balaban J connectivity index is 1.82. The maximum Gasteiger partial charge on any atom is 0.251 e. The maximum atomic E-state index is 12.0. The van der Waals surface area contributed by atoms with Crippen molar-refractivity contribution in [2.75, 3.05) is 6.54 Å². The highest BCUT2D eigenvalue weighted by Gasteiger charge is 2.06. The van der Waals surface area contributed by atoms with Crippen molar-refractivity contribution in [3.05, 3.63) is 52.2 Å². The summed E-state index contributed by atoms with van der Waals surface area (Å²) < 4.78 is 5.55. The lowest BCUT2D eigenvalue weighted by Crippen LogP contribution is -2.25. The number of hydrogen-bond donors (Lipinski definition) is 1. The minimum absolute atomic E-state index is 0.0438. The molecule has 106 valence electrons. The maximum absolute atomic E-state index is 12.0. The van der Waals surface area contributed by atoms with Gasteiger partial charge >= 0.3 is 0 Å². The van der Waals surface area contributed by atoms with E-state index in [9.17, 15) is 4.79 Å². The Bertz CT molecular complexity index is 532. The molecule has 1 amide bonds. The number of thiophene rings is 1. The summed E-state index contributed by atoms with van der Waals surface area (Å²) in [6.45, 7) is 4.61. The summed E-state index contributed by atoms with van der Waals surface area (Å²) in [6, 6.07) is 11.3. The third kappa shape index (κ3) is 4.38. The van der Waals surface area contributed by atoms with E-state index in [1.54, 1.807) is 23.5 Å². The van der Waals surface area contributed by atoms with Crippen molar-refractivity contribution in [3.8, 4) is 5.75 Å². The van der Waals surface area contributed by atoms with Crippen molar-refractivity contribution >= 4 is 17.2 Å². The number of nitrogens with one attached hydrogen (secondary N) is 1. The second-order valence-corrected chi connectivity index (χ2v) is 5.81. The van der Waals surface area contributed by atoms with Crippen LogP contribution in [0.25, 0.3) is 0 Å². The SMILES string of the molecule is CC(C)Oc1ccc(C(=O)NCCc2cccs2)cc1. The smallest absolute Gasteiger partial charge is 0.251 e. The van der Waals surface area contributed by atoms with E-state index in [0.29, 0.717) is 12.1 Å². The first-order valence-electron chi connectivity index (χ1n) is 6.72. The molecule has 0 radical (unpaired) electrons. The van der Waals surface area contributed by atoms with Crippen molar-refractivity contribution in [2.24, 2.45) is 0 Å². The fourth-order valence-electron chi connectivity index (χ4n) is 1.81. The van der Waals surface area contributed by atoms with Crippen molar-refractivity contribution in [1.29, 1.82) is 0 Å². The fraction of sp³-hybridized carbons (Fsp3) is 0.312. The lowest BCUT2D eigenvalue weighted by Gasteiger charge is -2.10. The van der Waals surface area contributed by atoms with Crippen LogP contribution in [0.3, 0.4) is 0 Å². The van der Waals surface area contributed by atoms with Crippen LogP contribution in [0.5, 0.6) is 5.75 Å². The van der Waals surface area contributed by atoms with E-state index in [2.05, 4.69) is 11.4 Å². The van der Waals surface area contributed by atoms with Gasteiger partial charge in [-0.2, -0.15) is 0 Å². The minimum Gasteiger partial charge on any atom is -0.491 e. The van der Waals surface area contributed by atoms with Gasteiger partial charge in [0.2, 0.25) is 0 Å². The molecule has 1 aromatic carbocycles. The molecule has 0 fully saturated rings. The van der Waals surface area contributed by atoms with Crippen LogP contribution in [0.4, 0.5) is 0 Å². The molecule has 2 aromatic rings. The lowest BCUT2D eigenvalue weighted by molar-refractivity contribution is 0.0954. The number of amides is 1. The average molecular weight is 289 g/mol. The first-order valence-corrected chi connectivity index (χ1v) is 7.60. The standard InChI is InChI=1S/C16H19NO2S/c1-12(2)19-14-7-5-13(6-8-14)16(18)17-10-9-15-4-3-11-20-15/h3-8,11-12H,9-10H2,1-2H3,(H,17,18). The summed E-state index contributed by atoms with van der Waals surface area (Å²) in [4.78, 5) is 13.2. The molecule has 0 aliphatic rings. The van der Waals surface area contributed by atoms with E-state index in [0.717, 1.165) is 12.2 Å². The third-order valence-corrected chi connectivity index (χ3v) is 3.66. The van der Waals surface area contributed by atoms with E-state index in [1.807, 2.05) is 37.4 Å².